The molecule has 6 nitrogen and oxygen atoms in total. The number of hydrogen-bond acceptors (Lipinski definition) is 6. The number of rotatable bonds is 3. The average Bonchev–Trinajstić information content (AvgIpc) is 3.32. The van der Waals surface area contributed by atoms with Gasteiger partial charge in [0.15, 0.2) is 5.13 Å². The van der Waals surface area contributed by atoms with E-state index in [-0.39, 0.29) is 22.2 Å². The molecule has 1 amide bonds. The van der Waals surface area contributed by atoms with Crippen molar-refractivity contribution in [3.63, 3.8) is 0 Å². The Balaban J connectivity index is 1.73. The van der Waals surface area contributed by atoms with Crippen LogP contribution in [0.15, 0.2) is 78.4 Å². The molecule has 1 fully saturated rings. The van der Waals surface area contributed by atoms with Crippen LogP contribution in [0, 0.1) is 5.82 Å². The number of hydrogen-bond donors (Lipinski definition) is 2. The average molecular weight is 446 g/mol. The second-order valence-electron chi connectivity index (χ2n) is 7.24. The normalized spacial score (nSPS) is 17.9. The lowest BCUT2D eigenvalue weighted by Crippen LogP contribution is -2.29. The molecule has 0 radical (unpaired) electrons. The van der Waals surface area contributed by atoms with E-state index in [0.29, 0.717) is 21.3 Å². The molecule has 5 rings (SSSR count). The highest BCUT2D eigenvalue weighted by Gasteiger charge is 2.48. The van der Waals surface area contributed by atoms with Crippen LogP contribution >= 0.6 is 11.3 Å². The molecule has 1 saturated heterocycles. The third-order valence-corrected chi connectivity index (χ3v) is 6.26. The number of nitrogens with zero attached hydrogens (tertiary/aromatic N) is 2. The first kappa shape index (κ1) is 19.9. The zero-order chi connectivity index (χ0) is 22.4. The summed E-state index contributed by atoms with van der Waals surface area (Å²) >= 11 is 1.07. The van der Waals surface area contributed by atoms with Crippen molar-refractivity contribution >= 4 is 44.1 Å². The van der Waals surface area contributed by atoms with Crippen LogP contribution in [-0.2, 0) is 9.59 Å². The summed E-state index contributed by atoms with van der Waals surface area (Å²) < 4.78 is 14.2. The minimum Gasteiger partial charge on any atom is -0.508 e. The predicted octanol–water partition coefficient (Wildman–Crippen LogP) is 4.77. The van der Waals surface area contributed by atoms with E-state index in [1.165, 1.54) is 35.2 Å². The summed E-state index contributed by atoms with van der Waals surface area (Å²) in [7, 11) is 0. The maximum atomic E-state index is 13.7. The maximum absolute atomic E-state index is 13.7. The fourth-order valence-corrected chi connectivity index (χ4v) is 4.76. The van der Waals surface area contributed by atoms with Gasteiger partial charge in [-0.15, -0.1) is 0 Å². The van der Waals surface area contributed by atoms with E-state index in [4.69, 9.17) is 0 Å². The lowest BCUT2D eigenvalue weighted by molar-refractivity contribution is -0.132. The number of aromatic nitrogens is 1. The summed E-state index contributed by atoms with van der Waals surface area (Å²) in [6, 6.07) is 17.6. The van der Waals surface area contributed by atoms with Crippen LogP contribution in [0.4, 0.5) is 9.52 Å². The second-order valence-corrected chi connectivity index (χ2v) is 8.24. The van der Waals surface area contributed by atoms with E-state index < -0.39 is 23.5 Å². The number of fused-ring (bicyclic) bond motifs is 1. The molecule has 32 heavy (non-hydrogen) atoms. The van der Waals surface area contributed by atoms with Gasteiger partial charge in [0.1, 0.15) is 17.3 Å². The number of anilines is 1. The van der Waals surface area contributed by atoms with Crippen LogP contribution in [0.25, 0.3) is 16.0 Å². The number of thiazole rings is 1. The van der Waals surface area contributed by atoms with Gasteiger partial charge in [-0.05, 0) is 35.9 Å². The third kappa shape index (κ3) is 3.21. The number of halogens is 1. The molecule has 2 N–H and O–H groups in total. The predicted molar refractivity (Wildman–Crippen MR) is 119 cm³/mol. The van der Waals surface area contributed by atoms with Crippen LogP contribution in [-0.4, -0.2) is 26.9 Å². The Bertz CT molecular complexity index is 1400. The van der Waals surface area contributed by atoms with Gasteiger partial charge in [0.05, 0.1) is 21.8 Å². The molecule has 158 valence electrons. The van der Waals surface area contributed by atoms with Gasteiger partial charge in [0, 0.05) is 5.56 Å². The smallest absolute Gasteiger partial charge is 0.301 e. The molecule has 2 heterocycles. The van der Waals surface area contributed by atoms with Crippen molar-refractivity contribution in [2.75, 3.05) is 4.90 Å². The minimum absolute atomic E-state index is 0.0178. The summed E-state index contributed by atoms with van der Waals surface area (Å²) in [5, 5.41) is 20.9. The number of aliphatic hydroxyl groups excluding tert-OH is 1. The van der Waals surface area contributed by atoms with Crippen molar-refractivity contribution < 1.29 is 24.2 Å². The van der Waals surface area contributed by atoms with Crippen molar-refractivity contribution in [2.24, 2.45) is 0 Å². The largest absolute Gasteiger partial charge is 0.508 e. The van der Waals surface area contributed by atoms with Gasteiger partial charge < -0.3 is 10.2 Å². The number of benzene rings is 3. The quantitative estimate of drug-likeness (QED) is 0.269. The van der Waals surface area contributed by atoms with Crippen molar-refractivity contribution in [1.82, 2.24) is 4.98 Å². The standard InChI is InChI=1S/C24H15FN2O4S/c25-15-8-11-17-18(12-15)32-24(26-17)27-20(13-6-9-16(28)10-7-13)19(22(30)23(27)31)21(29)14-4-2-1-3-5-14/h1-12,20,28-29H/b21-19+. The zero-order valence-corrected chi connectivity index (χ0v) is 17.2. The first-order valence-corrected chi connectivity index (χ1v) is 10.5. The number of Topliss-reactive ketones (excluding diaryl/α,β-unsaturated/α-hetero) is 1. The molecular formula is C24H15FN2O4S. The minimum atomic E-state index is -0.971. The van der Waals surface area contributed by atoms with Crippen molar-refractivity contribution in [2.45, 2.75) is 6.04 Å². The number of aliphatic hydroxyl groups is 1. The molecule has 1 aromatic heterocycles. The summed E-state index contributed by atoms with van der Waals surface area (Å²) in [6.45, 7) is 0. The Morgan fingerprint density at radius 1 is 1.00 bits per heavy atom. The summed E-state index contributed by atoms with van der Waals surface area (Å²) in [5.74, 6) is -2.43. The highest BCUT2D eigenvalue weighted by Crippen LogP contribution is 2.44. The van der Waals surface area contributed by atoms with Crippen molar-refractivity contribution in [3.8, 4) is 5.75 Å². The summed E-state index contributed by atoms with van der Waals surface area (Å²) in [5.41, 5.74) is 1.30. The molecule has 1 unspecified atom stereocenters. The number of phenolic OH excluding ortho intramolecular Hbond substituents is 1. The SMILES string of the molecule is O=C1C(=O)N(c2nc3ccc(F)cc3s2)C(c2ccc(O)cc2)/C1=C(\O)c1ccccc1. The fraction of sp³-hybridized carbons (Fsp3) is 0.0417. The van der Waals surface area contributed by atoms with E-state index in [2.05, 4.69) is 4.98 Å². The molecule has 1 aliphatic rings. The van der Waals surface area contributed by atoms with Gasteiger partial charge in [-0.2, -0.15) is 0 Å². The van der Waals surface area contributed by atoms with Gasteiger partial charge in [0.25, 0.3) is 5.78 Å². The topological polar surface area (TPSA) is 90.7 Å². The first-order chi connectivity index (χ1) is 15.4. The molecule has 3 aromatic carbocycles. The van der Waals surface area contributed by atoms with Gasteiger partial charge in [-0.1, -0.05) is 53.8 Å². The highest BCUT2D eigenvalue weighted by molar-refractivity contribution is 7.22. The van der Waals surface area contributed by atoms with E-state index in [1.807, 2.05) is 0 Å². The number of phenols is 1. The van der Waals surface area contributed by atoms with E-state index >= 15 is 0 Å². The third-order valence-electron chi connectivity index (χ3n) is 5.25. The van der Waals surface area contributed by atoms with Gasteiger partial charge >= 0.3 is 5.91 Å². The maximum Gasteiger partial charge on any atom is 0.301 e. The van der Waals surface area contributed by atoms with E-state index in [0.717, 1.165) is 11.3 Å². The Kier molecular flexibility index (Phi) is 4.71. The molecule has 1 aliphatic heterocycles. The van der Waals surface area contributed by atoms with Gasteiger partial charge in [-0.25, -0.2) is 9.37 Å². The first-order valence-electron chi connectivity index (χ1n) is 9.65. The number of carbonyl (C=O) groups is 2. The van der Waals surface area contributed by atoms with E-state index in [9.17, 15) is 24.2 Å². The number of amides is 1. The van der Waals surface area contributed by atoms with Crippen LogP contribution in [0.3, 0.4) is 0 Å². The summed E-state index contributed by atoms with van der Waals surface area (Å²) in [4.78, 5) is 31.8. The van der Waals surface area contributed by atoms with Crippen LogP contribution in [0.5, 0.6) is 5.75 Å². The fourth-order valence-electron chi connectivity index (χ4n) is 3.74. The lowest BCUT2D eigenvalue weighted by atomic mass is 9.95. The van der Waals surface area contributed by atoms with Crippen molar-refractivity contribution in [3.05, 3.63) is 95.3 Å². The molecule has 0 aliphatic carbocycles. The Morgan fingerprint density at radius 2 is 1.72 bits per heavy atom. The summed E-state index contributed by atoms with van der Waals surface area (Å²) in [6.07, 6.45) is 0. The molecule has 0 bridgehead atoms. The second kappa shape index (κ2) is 7.58. The van der Waals surface area contributed by atoms with Crippen LogP contribution in [0.1, 0.15) is 17.2 Å². The number of aromatic hydroxyl groups is 1. The highest BCUT2D eigenvalue weighted by atomic mass is 32.1. The molecular weight excluding hydrogens is 431 g/mol. The Hall–Kier alpha value is -4.04. The van der Waals surface area contributed by atoms with Crippen LogP contribution in [0.2, 0.25) is 0 Å². The van der Waals surface area contributed by atoms with Crippen molar-refractivity contribution in [1.29, 1.82) is 0 Å². The van der Waals surface area contributed by atoms with E-state index in [1.54, 1.807) is 42.5 Å². The zero-order valence-electron chi connectivity index (χ0n) is 16.4. The lowest BCUT2D eigenvalue weighted by Gasteiger charge is -2.23. The van der Waals surface area contributed by atoms with Gasteiger partial charge in [0.2, 0.25) is 0 Å². The number of carbonyl (C=O) groups excluding carboxylic acids is 2. The molecule has 0 spiro atoms. The monoisotopic (exact) mass is 446 g/mol. The number of ketones is 1. The molecule has 0 saturated carbocycles. The van der Waals surface area contributed by atoms with Gasteiger partial charge in [-0.3, -0.25) is 14.5 Å². The molecule has 8 heteroatoms. The van der Waals surface area contributed by atoms with Crippen LogP contribution < -0.4 is 4.90 Å². The Morgan fingerprint density at radius 3 is 2.44 bits per heavy atom. The molecule has 1 atom stereocenters. The molecule has 4 aromatic rings. The Labute approximate surface area is 185 Å².